The second-order valence-corrected chi connectivity index (χ2v) is 5.64. The van der Waals surface area contributed by atoms with Crippen LogP contribution >= 0.6 is 24.4 Å². The molecule has 0 aliphatic heterocycles. The van der Waals surface area contributed by atoms with E-state index in [1.54, 1.807) is 13.8 Å². The standard InChI is InChI=1S/C15H20N2O2S2/c1-4-19-14(18)13(11(2)17-15(20)21-3)16-10-12-8-6-5-7-9-12/h5-9,16H,4,10H2,1-3H3,(H,17,20)/b13-11-. The molecule has 114 valence electrons. The maximum absolute atomic E-state index is 12.0. The van der Waals surface area contributed by atoms with E-state index in [-0.39, 0.29) is 0 Å². The van der Waals surface area contributed by atoms with E-state index in [1.165, 1.54) is 11.8 Å². The highest BCUT2D eigenvalue weighted by Crippen LogP contribution is 2.12. The van der Waals surface area contributed by atoms with Gasteiger partial charge in [0.05, 0.1) is 12.3 Å². The number of esters is 1. The average Bonchev–Trinajstić information content (AvgIpc) is 2.48. The van der Waals surface area contributed by atoms with E-state index in [0.717, 1.165) is 5.56 Å². The molecule has 0 saturated heterocycles. The van der Waals surface area contributed by atoms with Crippen molar-refractivity contribution in [2.45, 2.75) is 20.4 Å². The summed E-state index contributed by atoms with van der Waals surface area (Å²) < 4.78 is 5.66. The van der Waals surface area contributed by atoms with Gasteiger partial charge in [0.1, 0.15) is 10.1 Å². The number of thioether (sulfide) groups is 1. The monoisotopic (exact) mass is 324 g/mol. The molecular weight excluding hydrogens is 304 g/mol. The molecule has 0 heterocycles. The molecule has 0 unspecified atom stereocenters. The van der Waals surface area contributed by atoms with Crippen LogP contribution < -0.4 is 5.32 Å². The van der Waals surface area contributed by atoms with Gasteiger partial charge in [-0.1, -0.05) is 30.3 Å². The topological polar surface area (TPSA) is 50.7 Å². The van der Waals surface area contributed by atoms with Crippen LogP contribution in [0, 0.1) is 0 Å². The van der Waals surface area contributed by atoms with Crippen LogP contribution in [0.4, 0.5) is 0 Å². The van der Waals surface area contributed by atoms with Gasteiger partial charge in [-0.15, -0.1) is 24.4 Å². The lowest BCUT2D eigenvalue weighted by atomic mass is 10.2. The maximum atomic E-state index is 12.0. The van der Waals surface area contributed by atoms with E-state index in [9.17, 15) is 4.79 Å². The number of carbonyl (C=O) groups is 1. The third-order valence-corrected chi connectivity index (χ3v) is 3.70. The van der Waals surface area contributed by atoms with Gasteiger partial charge in [-0.2, -0.15) is 0 Å². The number of carbonyl (C=O) groups excluding carboxylic acids is 1. The van der Waals surface area contributed by atoms with Crippen LogP contribution in [0.1, 0.15) is 19.4 Å². The molecule has 1 rings (SSSR count). The molecule has 0 amide bonds. The summed E-state index contributed by atoms with van der Waals surface area (Å²) >= 11 is 5.63. The molecule has 0 atom stereocenters. The zero-order chi connectivity index (χ0) is 15.7. The second-order valence-electron chi connectivity index (χ2n) is 4.12. The van der Waals surface area contributed by atoms with Crippen molar-refractivity contribution in [3.8, 4) is 0 Å². The Hall–Kier alpha value is -1.40. The van der Waals surface area contributed by atoms with Crippen LogP contribution in [0.2, 0.25) is 0 Å². The zero-order valence-corrected chi connectivity index (χ0v) is 14.1. The van der Waals surface area contributed by atoms with Gasteiger partial charge in [0.25, 0.3) is 0 Å². The number of nitrogens with zero attached hydrogens (tertiary/aromatic N) is 1. The summed E-state index contributed by atoms with van der Waals surface area (Å²) in [5, 5.41) is 3.10. The lowest BCUT2D eigenvalue weighted by Gasteiger charge is -2.12. The summed E-state index contributed by atoms with van der Waals surface area (Å²) in [6.07, 6.45) is 1.88. The highest BCUT2D eigenvalue weighted by atomic mass is 32.2. The minimum Gasteiger partial charge on any atom is -0.461 e. The normalized spacial score (nSPS) is 12.7. The first-order valence-electron chi connectivity index (χ1n) is 6.56. The molecule has 0 fully saturated rings. The molecular formula is C15H20N2O2S2. The Morgan fingerprint density at radius 1 is 1.38 bits per heavy atom. The maximum Gasteiger partial charge on any atom is 0.356 e. The first-order chi connectivity index (χ1) is 10.1. The highest BCUT2D eigenvalue weighted by molar-refractivity contribution is 8.32. The van der Waals surface area contributed by atoms with E-state index in [4.69, 9.17) is 4.74 Å². The van der Waals surface area contributed by atoms with E-state index in [2.05, 4.69) is 22.9 Å². The number of hydrogen-bond acceptors (Lipinski definition) is 5. The van der Waals surface area contributed by atoms with Crippen molar-refractivity contribution >= 4 is 34.7 Å². The second kappa shape index (κ2) is 9.52. The van der Waals surface area contributed by atoms with E-state index >= 15 is 0 Å². The Kier molecular flexibility index (Phi) is 8.00. The van der Waals surface area contributed by atoms with Crippen molar-refractivity contribution in [1.82, 2.24) is 5.32 Å². The number of allylic oxidation sites excluding steroid dienone is 1. The predicted molar refractivity (Wildman–Crippen MR) is 92.6 cm³/mol. The number of rotatable bonds is 6. The summed E-state index contributed by atoms with van der Waals surface area (Å²) in [4.78, 5) is 16.3. The van der Waals surface area contributed by atoms with Crippen molar-refractivity contribution in [3.05, 3.63) is 47.3 Å². The first kappa shape index (κ1) is 17.7. The number of benzene rings is 1. The van der Waals surface area contributed by atoms with Crippen LogP contribution in [0.3, 0.4) is 0 Å². The molecule has 0 aromatic heterocycles. The minimum atomic E-state index is -0.406. The molecule has 21 heavy (non-hydrogen) atoms. The molecule has 0 aliphatic carbocycles. The first-order valence-corrected chi connectivity index (χ1v) is 8.23. The van der Waals surface area contributed by atoms with E-state index < -0.39 is 5.97 Å². The predicted octanol–water partition coefficient (Wildman–Crippen LogP) is 3.22. The Labute approximate surface area is 135 Å². The highest BCUT2D eigenvalue weighted by Gasteiger charge is 2.14. The van der Waals surface area contributed by atoms with Gasteiger partial charge in [0.2, 0.25) is 0 Å². The Balaban J connectivity index is 2.92. The molecule has 0 aliphatic rings. The zero-order valence-electron chi connectivity index (χ0n) is 12.4. The summed E-state index contributed by atoms with van der Waals surface area (Å²) in [6, 6.07) is 9.83. The fourth-order valence-electron chi connectivity index (χ4n) is 1.58. The Bertz CT molecular complexity index is 528. The summed E-state index contributed by atoms with van der Waals surface area (Å²) in [7, 11) is 0. The SMILES string of the molecule is CCOC(=O)/C(NCc1ccccc1)=C(C)/N=C(\S)SC. The molecule has 0 bridgehead atoms. The smallest absolute Gasteiger partial charge is 0.356 e. The van der Waals surface area contributed by atoms with Gasteiger partial charge < -0.3 is 10.1 Å². The fraction of sp³-hybridized carbons (Fsp3) is 0.333. The number of ether oxygens (including phenoxy) is 1. The van der Waals surface area contributed by atoms with Gasteiger partial charge in [0.15, 0.2) is 0 Å². The number of hydrogen-bond donors (Lipinski definition) is 2. The average molecular weight is 324 g/mol. The third kappa shape index (κ3) is 6.27. The van der Waals surface area contributed by atoms with E-state index in [1.807, 2.05) is 36.6 Å². The largest absolute Gasteiger partial charge is 0.461 e. The lowest BCUT2D eigenvalue weighted by Crippen LogP contribution is -2.23. The van der Waals surface area contributed by atoms with Gasteiger partial charge in [-0.3, -0.25) is 0 Å². The van der Waals surface area contributed by atoms with Gasteiger partial charge in [-0.05, 0) is 25.7 Å². The molecule has 6 heteroatoms. The lowest BCUT2D eigenvalue weighted by molar-refractivity contribution is -0.139. The summed E-state index contributed by atoms with van der Waals surface area (Å²) in [6.45, 7) is 4.39. The number of thiol groups is 1. The van der Waals surface area contributed by atoms with Crippen LogP contribution in [0.15, 0.2) is 46.7 Å². The minimum absolute atomic E-state index is 0.322. The van der Waals surface area contributed by atoms with Crippen LogP contribution in [-0.4, -0.2) is 23.2 Å². The van der Waals surface area contributed by atoms with Crippen molar-refractivity contribution in [3.63, 3.8) is 0 Å². The Morgan fingerprint density at radius 2 is 2.05 bits per heavy atom. The van der Waals surface area contributed by atoms with Crippen molar-refractivity contribution in [2.24, 2.45) is 4.99 Å². The van der Waals surface area contributed by atoms with Crippen LogP contribution in [0.25, 0.3) is 0 Å². The van der Waals surface area contributed by atoms with Gasteiger partial charge >= 0.3 is 5.97 Å². The fourth-order valence-corrected chi connectivity index (χ4v) is 1.96. The molecule has 4 nitrogen and oxygen atoms in total. The molecule has 0 radical (unpaired) electrons. The molecule has 1 aromatic carbocycles. The van der Waals surface area contributed by atoms with Crippen molar-refractivity contribution in [2.75, 3.05) is 12.9 Å². The summed E-state index contributed by atoms with van der Waals surface area (Å²) in [5.74, 6) is -0.406. The van der Waals surface area contributed by atoms with Crippen LogP contribution in [-0.2, 0) is 16.1 Å². The third-order valence-electron chi connectivity index (χ3n) is 2.60. The van der Waals surface area contributed by atoms with Gasteiger partial charge in [0, 0.05) is 6.54 Å². The number of nitrogens with one attached hydrogen (secondary N) is 1. The van der Waals surface area contributed by atoms with Gasteiger partial charge in [-0.25, -0.2) is 9.79 Å². The molecule has 0 spiro atoms. The van der Waals surface area contributed by atoms with Crippen molar-refractivity contribution < 1.29 is 9.53 Å². The molecule has 1 aromatic rings. The quantitative estimate of drug-likeness (QED) is 0.277. The Morgan fingerprint density at radius 3 is 2.62 bits per heavy atom. The number of aliphatic imine (C=N–C) groups is 1. The molecule has 1 N–H and O–H groups in total. The van der Waals surface area contributed by atoms with Crippen LogP contribution in [0.5, 0.6) is 0 Å². The van der Waals surface area contributed by atoms with E-state index in [0.29, 0.717) is 28.9 Å². The summed E-state index contributed by atoms with van der Waals surface area (Å²) in [5.41, 5.74) is 2.00. The van der Waals surface area contributed by atoms with Crippen molar-refractivity contribution in [1.29, 1.82) is 0 Å². The molecule has 0 saturated carbocycles.